The molecule has 1 heterocycles. The Hall–Kier alpha value is -3.25. The van der Waals surface area contributed by atoms with Crippen molar-refractivity contribution in [3.8, 4) is 0 Å². The molecule has 0 saturated carbocycles. The van der Waals surface area contributed by atoms with Crippen molar-refractivity contribution in [3.63, 3.8) is 0 Å². The summed E-state index contributed by atoms with van der Waals surface area (Å²) in [7, 11) is 0. The maximum Gasteiger partial charge on any atom is 0.417 e. The zero-order valence-corrected chi connectivity index (χ0v) is 16.4. The minimum absolute atomic E-state index is 0.288. The smallest absolute Gasteiger partial charge is 0.417 e. The van der Waals surface area contributed by atoms with E-state index in [1.807, 2.05) is 0 Å². The van der Waals surface area contributed by atoms with E-state index in [-0.39, 0.29) is 18.3 Å². The zero-order valence-electron chi connectivity index (χ0n) is 16.4. The molecule has 1 aromatic carbocycles. The lowest BCUT2D eigenvalue weighted by atomic mass is 10.0. The van der Waals surface area contributed by atoms with Gasteiger partial charge < -0.3 is 20.0 Å². The SMILES string of the molecule is C[C@H]1CN([C@@H](CCC(=O)O)C(=O)O)C(=O)C=CN1c1ccc(C(F)(F)F)c(C(F)(F)F)c1. The molecule has 176 valence electrons. The van der Waals surface area contributed by atoms with Gasteiger partial charge in [0.25, 0.3) is 0 Å². The number of benzene rings is 1. The van der Waals surface area contributed by atoms with Crippen LogP contribution in [0.2, 0.25) is 0 Å². The lowest BCUT2D eigenvalue weighted by Gasteiger charge is -2.33. The van der Waals surface area contributed by atoms with Crippen LogP contribution in [-0.2, 0) is 26.7 Å². The highest BCUT2D eigenvalue weighted by Crippen LogP contribution is 2.42. The molecular formula is C19H18F6N2O5. The fraction of sp³-hybridized carbons (Fsp3) is 0.421. The van der Waals surface area contributed by atoms with E-state index in [0.29, 0.717) is 6.07 Å². The Bertz CT molecular complexity index is 928. The van der Waals surface area contributed by atoms with Gasteiger partial charge in [-0.2, -0.15) is 26.3 Å². The Labute approximate surface area is 177 Å². The lowest BCUT2D eigenvalue weighted by Crippen LogP contribution is -2.48. The predicted molar refractivity (Wildman–Crippen MR) is 97.5 cm³/mol. The van der Waals surface area contributed by atoms with Crippen LogP contribution in [0.1, 0.15) is 30.9 Å². The Morgan fingerprint density at radius 3 is 2.19 bits per heavy atom. The number of halogens is 6. The molecule has 0 saturated heterocycles. The third-order valence-electron chi connectivity index (χ3n) is 4.80. The molecule has 13 heteroatoms. The van der Waals surface area contributed by atoms with Crippen molar-refractivity contribution in [2.75, 3.05) is 11.4 Å². The van der Waals surface area contributed by atoms with Gasteiger partial charge in [-0.15, -0.1) is 0 Å². The topological polar surface area (TPSA) is 98.1 Å². The molecule has 0 radical (unpaired) electrons. The van der Waals surface area contributed by atoms with Crippen LogP contribution in [0.15, 0.2) is 30.5 Å². The van der Waals surface area contributed by atoms with Crippen molar-refractivity contribution in [3.05, 3.63) is 41.6 Å². The van der Waals surface area contributed by atoms with Crippen LogP contribution in [0.4, 0.5) is 32.0 Å². The van der Waals surface area contributed by atoms with Crippen molar-refractivity contribution in [1.29, 1.82) is 0 Å². The second kappa shape index (κ2) is 9.09. The molecule has 1 aliphatic rings. The summed E-state index contributed by atoms with van der Waals surface area (Å²) in [6.07, 6.45) is -9.58. The number of rotatable bonds is 6. The molecule has 0 aliphatic carbocycles. The largest absolute Gasteiger partial charge is 0.481 e. The van der Waals surface area contributed by atoms with Crippen LogP contribution in [-0.4, -0.2) is 51.6 Å². The second-order valence-corrected chi connectivity index (χ2v) is 7.07. The monoisotopic (exact) mass is 468 g/mol. The first-order chi connectivity index (χ1) is 14.6. The Balaban J connectivity index is 2.42. The molecular weight excluding hydrogens is 450 g/mol. The van der Waals surface area contributed by atoms with Gasteiger partial charge in [0.2, 0.25) is 5.91 Å². The fourth-order valence-electron chi connectivity index (χ4n) is 3.32. The molecule has 32 heavy (non-hydrogen) atoms. The Morgan fingerprint density at radius 1 is 1.09 bits per heavy atom. The van der Waals surface area contributed by atoms with E-state index >= 15 is 0 Å². The number of carbonyl (C=O) groups excluding carboxylic acids is 1. The van der Waals surface area contributed by atoms with E-state index in [2.05, 4.69) is 0 Å². The summed E-state index contributed by atoms with van der Waals surface area (Å²) < 4.78 is 78.8. The van der Waals surface area contributed by atoms with E-state index in [1.54, 1.807) is 0 Å². The number of carboxylic acids is 2. The molecule has 0 aromatic heterocycles. The fourth-order valence-corrected chi connectivity index (χ4v) is 3.32. The molecule has 1 amide bonds. The van der Waals surface area contributed by atoms with Crippen molar-refractivity contribution < 1.29 is 50.9 Å². The Morgan fingerprint density at radius 2 is 1.69 bits per heavy atom. The summed E-state index contributed by atoms with van der Waals surface area (Å²) in [6.45, 7) is 1.10. The minimum Gasteiger partial charge on any atom is -0.481 e. The third kappa shape index (κ3) is 5.71. The van der Waals surface area contributed by atoms with Crippen LogP contribution in [0.5, 0.6) is 0 Å². The van der Waals surface area contributed by atoms with Gasteiger partial charge in [-0.3, -0.25) is 9.59 Å². The highest BCUT2D eigenvalue weighted by atomic mass is 19.4. The highest BCUT2D eigenvalue weighted by molar-refractivity contribution is 5.92. The number of carbonyl (C=O) groups is 3. The normalized spacial score (nSPS) is 18.5. The summed E-state index contributed by atoms with van der Waals surface area (Å²) in [5, 5.41) is 18.2. The zero-order chi connectivity index (χ0) is 24.4. The molecule has 1 aromatic rings. The number of alkyl halides is 6. The standard InChI is InChI=1S/C19H18F6N2O5/c1-10-9-27(14(17(31)32)4-5-16(29)30)15(28)6-7-26(10)11-2-3-12(18(20,21)22)13(8-11)19(23,24)25/h2-3,6-8,10,14H,4-5,9H2,1H3,(H,29,30)(H,31,32)/t10-,14-/m0/s1. The number of aliphatic carboxylic acids is 2. The van der Waals surface area contributed by atoms with Gasteiger partial charge in [-0.25, -0.2) is 4.79 Å². The number of hydrogen-bond acceptors (Lipinski definition) is 4. The van der Waals surface area contributed by atoms with Gasteiger partial charge in [0, 0.05) is 37.0 Å². The number of amides is 1. The molecule has 0 spiro atoms. The average Bonchev–Trinajstić information content (AvgIpc) is 2.78. The number of hydrogen-bond donors (Lipinski definition) is 2. The van der Waals surface area contributed by atoms with E-state index in [0.717, 1.165) is 28.1 Å². The number of carboxylic acid groups (broad SMARTS) is 2. The maximum absolute atomic E-state index is 13.3. The molecule has 0 unspecified atom stereocenters. The molecule has 7 nitrogen and oxygen atoms in total. The van der Waals surface area contributed by atoms with Gasteiger partial charge in [-0.05, 0) is 31.5 Å². The average molecular weight is 468 g/mol. The van der Waals surface area contributed by atoms with Gasteiger partial charge >= 0.3 is 24.3 Å². The van der Waals surface area contributed by atoms with Crippen molar-refractivity contribution >= 4 is 23.5 Å². The van der Waals surface area contributed by atoms with E-state index in [1.165, 1.54) is 6.92 Å². The predicted octanol–water partition coefficient (Wildman–Crippen LogP) is 3.59. The first-order valence-electron chi connectivity index (χ1n) is 9.13. The first-order valence-corrected chi connectivity index (χ1v) is 9.13. The van der Waals surface area contributed by atoms with Gasteiger partial charge in [-0.1, -0.05) is 0 Å². The van der Waals surface area contributed by atoms with Crippen molar-refractivity contribution in [1.82, 2.24) is 4.90 Å². The van der Waals surface area contributed by atoms with E-state index in [9.17, 15) is 45.8 Å². The van der Waals surface area contributed by atoms with Crippen molar-refractivity contribution in [2.45, 2.75) is 44.2 Å². The molecule has 2 rings (SSSR count). The molecule has 2 atom stereocenters. The van der Waals surface area contributed by atoms with Crippen LogP contribution in [0.25, 0.3) is 0 Å². The summed E-state index contributed by atoms with van der Waals surface area (Å²) in [5.41, 5.74) is -4.06. The van der Waals surface area contributed by atoms with Crippen molar-refractivity contribution in [2.24, 2.45) is 0 Å². The minimum atomic E-state index is -5.30. The summed E-state index contributed by atoms with van der Waals surface area (Å²) in [5.74, 6) is -3.59. The van der Waals surface area contributed by atoms with Crippen LogP contribution < -0.4 is 4.90 Å². The van der Waals surface area contributed by atoms with Crippen LogP contribution in [0, 0.1) is 0 Å². The molecule has 0 fully saturated rings. The second-order valence-electron chi connectivity index (χ2n) is 7.07. The number of anilines is 1. The Kier molecular flexibility index (Phi) is 7.10. The van der Waals surface area contributed by atoms with Crippen LogP contribution >= 0.6 is 0 Å². The molecule has 2 N–H and O–H groups in total. The molecule has 1 aliphatic heterocycles. The summed E-state index contributed by atoms with van der Waals surface area (Å²) in [4.78, 5) is 36.7. The lowest BCUT2D eigenvalue weighted by molar-refractivity contribution is -0.162. The van der Waals surface area contributed by atoms with Gasteiger partial charge in [0.05, 0.1) is 11.1 Å². The first kappa shape index (κ1) is 25.0. The number of nitrogens with zero attached hydrogens (tertiary/aromatic N) is 2. The quantitative estimate of drug-likeness (QED) is 0.620. The van der Waals surface area contributed by atoms with E-state index in [4.69, 9.17) is 5.11 Å². The highest BCUT2D eigenvalue weighted by Gasteiger charge is 2.43. The summed E-state index contributed by atoms with van der Waals surface area (Å²) in [6, 6.07) is -0.942. The maximum atomic E-state index is 13.3. The van der Waals surface area contributed by atoms with Gasteiger partial charge in [0.1, 0.15) is 6.04 Å². The van der Waals surface area contributed by atoms with Gasteiger partial charge in [0.15, 0.2) is 0 Å². The van der Waals surface area contributed by atoms with E-state index < -0.39 is 66.3 Å². The van der Waals surface area contributed by atoms with Crippen LogP contribution in [0.3, 0.4) is 0 Å². The third-order valence-corrected chi connectivity index (χ3v) is 4.80. The molecule has 0 bridgehead atoms. The summed E-state index contributed by atoms with van der Waals surface area (Å²) >= 11 is 0.